The first-order chi connectivity index (χ1) is 9.72. The van der Waals surface area contributed by atoms with Gasteiger partial charge in [-0.1, -0.05) is 24.3 Å². The first-order valence-corrected chi connectivity index (χ1v) is 6.31. The molecule has 0 radical (unpaired) electrons. The minimum Gasteiger partial charge on any atom is -0.326 e. The van der Waals surface area contributed by atoms with Crippen LogP contribution < -0.4 is 10.9 Å². The summed E-state index contributed by atoms with van der Waals surface area (Å²) in [6.07, 6.45) is 0. The van der Waals surface area contributed by atoms with Gasteiger partial charge in [0.15, 0.2) is 0 Å². The summed E-state index contributed by atoms with van der Waals surface area (Å²) in [6, 6.07) is 16.7. The molecule has 3 aromatic rings. The van der Waals surface area contributed by atoms with Gasteiger partial charge in [-0.25, -0.2) is 4.68 Å². The molecule has 0 atom stereocenters. The van der Waals surface area contributed by atoms with Gasteiger partial charge in [0.1, 0.15) is 11.6 Å². The highest BCUT2D eigenvalue weighted by Gasteiger charge is 2.07. The molecule has 0 aliphatic rings. The molecule has 0 bridgehead atoms. The van der Waals surface area contributed by atoms with E-state index in [1.807, 2.05) is 43.3 Å². The molecule has 0 amide bonds. The lowest BCUT2D eigenvalue weighted by Crippen LogP contribution is -2.08. The number of aryl methyl sites for hydroxylation is 1. The molecule has 2 aromatic heterocycles. The van der Waals surface area contributed by atoms with Crippen LogP contribution in [-0.2, 0) is 0 Å². The summed E-state index contributed by atoms with van der Waals surface area (Å²) in [4.78, 5) is 14.1. The maximum atomic E-state index is 11.3. The van der Waals surface area contributed by atoms with Gasteiger partial charge in [-0.15, -0.1) is 0 Å². The van der Waals surface area contributed by atoms with Crippen molar-refractivity contribution in [3.8, 4) is 5.69 Å². The van der Waals surface area contributed by atoms with Crippen molar-refractivity contribution in [1.82, 2.24) is 14.8 Å². The minimum atomic E-state index is -0.141. The molecule has 1 aromatic carbocycles. The molecular formula is C15H14N4O. The van der Waals surface area contributed by atoms with E-state index in [1.54, 1.807) is 16.8 Å². The van der Waals surface area contributed by atoms with Gasteiger partial charge in [-0.05, 0) is 25.1 Å². The Bertz CT molecular complexity index is 774. The SMILES string of the molecule is Cc1cc(Nc2cccc(=O)[nH]2)n(-c2ccccc2)n1. The third kappa shape index (κ3) is 2.47. The summed E-state index contributed by atoms with van der Waals surface area (Å²) >= 11 is 0. The Morgan fingerprint density at radius 3 is 2.65 bits per heavy atom. The number of pyridine rings is 1. The zero-order valence-electron chi connectivity index (χ0n) is 11.0. The minimum absolute atomic E-state index is 0.141. The molecule has 0 aliphatic heterocycles. The first kappa shape index (κ1) is 12.2. The predicted octanol–water partition coefficient (Wildman–Crippen LogP) is 2.61. The molecule has 20 heavy (non-hydrogen) atoms. The summed E-state index contributed by atoms with van der Waals surface area (Å²) in [5.41, 5.74) is 1.72. The maximum absolute atomic E-state index is 11.3. The number of nitrogens with zero attached hydrogens (tertiary/aromatic N) is 2. The molecule has 2 heterocycles. The van der Waals surface area contributed by atoms with Gasteiger partial charge in [0.05, 0.1) is 11.4 Å². The largest absolute Gasteiger partial charge is 0.326 e. The van der Waals surface area contributed by atoms with Crippen LogP contribution in [-0.4, -0.2) is 14.8 Å². The lowest BCUT2D eigenvalue weighted by Gasteiger charge is -2.09. The van der Waals surface area contributed by atoms with Crippen molar-refractivity contribution in [1.29, 1.82) is 0 Å². The average Bonchev–Trinajstić information content (AvgIpc) is 2.80. The quantitative estimate of drug-likeness (QED) is 0.766. The lowest BCUT2D eigenvalue weighted by molar-refractivity contribution is 0.868. The monoisotopic (exact) mass is 266 g/mol. The van der Waals surface area contributed by atoms with Crippen LogP contribution in [0.3, 0.4) is 0 Å². The molecule has 0 fully saturated rings. The van der Waals surface area contributed by atoms with Crippen LogP contribution in [0.1, 0.15) is 5.69 Å². The highest BCUT2D eigenvalue weighted by Crippen LogP contribution is 2.19. The molecule has 5 nitrogen and oxygen atoms in total. The van der Waals surface area contributed by atoms with Gasteiger partial charge in [0, 0.05) is 12.1 Å². The molecule has 0 aliphatic carbocycles. The molecule has 0 saturated carbocycles. The summed E-state index contributed by atoms with van der Waals surface area (Å²) in [7, 11) is 0. The van der Waals surface area contributed by atoms with Crippen LogP contribution in [0.15, 0.2) is 59.4 Å². The fourth-order valence-electron chi connectivity index (χ4n) is 2.01. The van der Waals surface area contributed by atoms with Gasteiger partial charge >= 0.3 is 0 Å². The number of H-pyrrole nitrogens is 1. The second-order valence-electron chi connectivity index (χ2n) is 4.47. The number of hydrogen-bond acceptors (Lipinski definition) is 3. The number of aromatic nitrogens is 3. The van der Waals surface area contributed by atoms with E-state index in [1.165, 1.54) is 6.07 Å². The zero-order chi connectivity index (χ0) is 13.9. The van der Waals surface area contributed by atoms with E-state index in [0.29, 0.717) is 5.82 Å². The highest BCUT2D eigenvalue weighted by atomic mass is 16.1. The van der Waals surface area contributed by atoms with Gasteiger partial charge in [0.2, 0.25) is 5.56 Å². The normalized spacial score (nSPS) is 10.4. The van der Waals surface area contributed by atoms with E-state index < -0.39 is 0 Å². The van der Waals surface area contributed by atoms with E-state index in [9.17, 15) is 4.79 Å². The molecule has 5 heteroatoms. The van der Waals surface area contributed by atoms with E-state index in [-0.39, 0.29) is 5.56 Å². The van der Waals surface area contributed by atoms with Gasteiger partial charge in [0.25, 0.3) is 0 Å². The fraction of sp³-hybridized carbons (Fsp3) is 0.0667. The van der Waals surface area contributed by atoms with Gasteiger partial charge in [-0.2, -0.15) is 5.10 Å². The Morgan fingerprint density at radius 1 is 1.10 bits per heavy atom. The van der Waals surface area contributed by atoms with Gasteiger partial charge in [-0.3, -0.25) is 4.79 Å². The number of rotatable bonds is 3. The molecule has 2 N–H and O–H groups in total. The third-order valence-corrected chi connectivity index (χ3v) is 2.86. The Balaban J connectivity index is 2.00. The predicted molar refractivity (Wildman–Crippen MR) is 78.6 cm³/mol. The molecule has 3 rings (SSSR count). The van der Waals surface area contributed by atoms with Crippen molar-refractivity contribution >= 4 is 11.6 Å². The third-order valence-electron chi connectivity index (χ3n) is 2.86. The fourth-order valence-corrected chi connectivity index (χ4v) is 2.01. The average molecular weight is 266 g/mol. The second-order valence-corrected chi connectivity index (χ2v) is 4.47. The Labute approximate surface area is 115 Å². The van der Waals surface area contributed by atoms with Crippen molar-refractivity contribution in [2.45, 2.75) is 6.92 Å². The van der Waals surface area contributed by atoms with Crippen molar-refractivity contribution in [3.05, 3.63) is 70.6 Å². The zero-order valence-corrected chi connectivity index (χ0v) is 11.0. The van der Waals surface area contributed by atoms with E-state index in [2.05, 4.69) is 15.4 Å². The number of para-hydroxylation sites is 1. The van der Waals surface area contributed by atoms with Crippen LogP contribution in [0.25, 0.3) is 5.69 Å². The molecule has 0 unspecified atom stereocenters. The summed E-state index contributed by atoms with van der Waals surface area (Å²) < 4.78 is 1.81. The number of nitrogens with one attached hydrogen (secondary N) is 2. The van der Waals surface area contributed by atoms with Crippen LogP contribution in [0.2, 0.25) is 0 Å². The van der Waals surface area contributed by atoms with Crippen LogP contribution in [0.5, 0.6) is 0 Å². The standard InChI is InChI=1S/C15H14N4O/c1-11-10-14(16-13-8-5-9-15(20)17-13)19(18-11)12-6-3-2-4-7-12/h2-10H,1H3,(H2,16,17,20). The van der Waals surface area contributed by atoms with E-state index >= 15 is 0 Å². The number of benzene rings is 1. The Kier molecular flexibility index (Phi) is 3.09. The number of anilines is 2. The van der Waals surface area contributed by atoms with Crippen molar-refractivity contribution in [2.24, 2.45) is 0 Å². The molecule has 0 saturated heterocycles. The molecule has 100 valence electrons. The summed E-state index contributed by atoms with van der Waals surface area (Å²) in [5.74, 6) is 1.44. The van der Waals surface area contributed by atoms with Crippen LogP contribution >= 0.6 is 0 Å². The first-order valence-electron chi connectivity index (χ1n) is 6.31. The van der Waals surface area contributed by atoms with E-state index in [4.69, 9.17) is 0 Å². The number of hydrogen-bond donors (Lipinski definition) is 2. The summed E-state index contributed by atoms with van der Waals surface area (Å²) in [6.45, 7) is 1.93. The summed E-state index contributed by atoms with van der Waals surface area (Å²) in [5, 5.41) is 7.64. The van der Waals surface area contributed by atoms with E-state index in [0.717, 1.165) is 17.2 Å². The maximum Gasteiger partial charge on any atom is 0.249 e. The van der Waals surface area contributed by atoms with Crippen molar-refractivity contribution in [3.63, 3.8) is 0 Å². The molecule has 0 spiro atoms. The lowest BCUT2D eigenvalue weighted by atomic mass is 10.3. The molecular weight excluding hydrogens is 252 g/mol. The Hall–Kier alpha value is -2.82. The van der Waals surface area contributed by atoms with Crippen LogP contribution in [0, 0.1) is 6.92 Å². The smallest absolute Gasteiger partial charge is 0.249 e. The topological polar surface area (TPSA) is 62.7 Å². The van der Waals surface area contributed by atoms with Crippen LogP contribution in [0.4, 0.5) is 11.6 Å². The number of aromatic amines is 1. The second kappa shape index (κ2) is 5.05. The van der Waals surface area contributed by atoms with Gasteiger partial charge < -0.3 is 10.3 Å². The van der Waals surface area contributed by atoms with Crippen molar-refractivity contribution < 1.29 is 0 Å². The Morgan fingerprint density at radius 2 is 1.90 bits per heavy atom. The van der Waals surface area contributed by atoms with Crippen molar-refractivity contribution in [2.75, 3.05) is 5.32 Å². The highest BCUT2D eigenvalue weighted by molar-refractivity contribution is 5.55.